The summed E-state index contributed by atoms with van der Waals surface area (Å²) in [6.45, 7) is 4.14. The smallest absolute Gasteiger partial charge is 0.258 e. The molecule has 0 unspecified atom stereocenters. The number of carbonyl (C=O) groups excluding carboxylic acids is 1. The molecule has 0 atom stereocenters. The lowest BCUT2D eigenvalue weighted by Gasteiger charge is -2.14. The summed E-state index contributed by atoms with van der Waals surface area (Å²) in [7, 11) is 0. The average molecular weight is 328 g/mol. The second kappa shape index (κ2) is 6.61. The molecule has 0 saturated carbocycles. The SMILES string of the molecule is CCc1cccc(CC)c1NC(=O)c1cc(Cl)sc1Cl. The van der Waals surface area contributed by atoms with Gasteiger partial charge in [-0.1, -0.05) is 55.2 Å². The molecule has 1 heterocycles. The summed E-state index contributed by atoms with van der Waals surface area (Å²) >= 11 is 13.1. The maximum absolute atomic E-state index is 12.3. The van der Waals surface area contributed by atoms with Gasteiger partial charge in [-0.2, -0.15) is 0 Å². The first-order valence-corrected chi connectivity index (χ1v) is 8.01. The molecule has 1 amide bonds. The second-order valence-electron chi connectivity index (χ2n) is 4.35. The number of anilines is 1. The molecule has 20 heavy (non-hydrogen) atoms. The van der Waals surface area contributed by atoms with Crippen LogP contribution >= 0.6 is 34.5 Å². The molecule has 0 fully saturated rings. The zero-order valence-electron chi connectivity index (χ0n) is 11.3. The van der Waals surface area contributed by atoms with Crippen molar-refractivity contribution in [3.8, 4) is 0 Å². The fourth-order valence-electron chi connectivity index (χ4n) is 2.08. The van der Waals surface area contributed by atoms with Crippen LogP contribution in [-0.4, -0.2) is 5.91 Å². The first-order chi connectivity index (χ1) is 9.56. The Labute approximate surface area is 132 Å². The van der Waals surface area contributed by atoms with Crippen LogP contribution in [0.25, 0.3) is 0 Å². The Morgan fingerprint density at radius 1 is 1.20 bits per heavy atom. The van der Waals surface area contributed by atoms with Gasteiger partial charge < -0.3 is 5.32 Å². The molecule has 0 radical (unpaired) electrons. The van der Waals surface area contributed by atoms with E-state index >= 15 is 0 Å². The van der Waals surface area contributed by atoms with Crippen molar-refractivity contribution in [2.75, 3.05) is 5.32 Å². The van der Waals surface area contributed by atoms with Gasteiger partial charge in [0.05, 0.1) is 9.90 Å². The van der Waals surface area contributed by atoms with Crippen molar-refractivity contribution >= 4 is 46.1 Å². The van der Waals surface area contributed by atoms with E-state index in [1.165, 1.54) is 11.3 Å². The standard InChI is InChI=1S/C15H15Cl2NOS/c1-3-9-6-5-7-10(4-2)13(9)18-15(19)11-8-12(16)20-14(11)17/h5-8H,3-4H2,1-2H3,(H,18,19). The summed E-state index contributed by atoms with van der Waals surface area (Å²) in [6.07, 6.45) is 1.73. The molecule has 2 aromatic rings. The van der Waals surface area contributed by atoms with Crippen LogP contribution < -0.4 is 5.32 Å². The third-order valence-corrected chi connectivity index (χ3v) is 4.63. The van der Waals surface area contributed by atoms with Gasteiger partial charge in [0.1, 0.15) is 4.34 Å². The van der Waals surface area contributed by atoms with Gasteiger partial charge in [0.2, 0.25) is 0 Å². The highest BCUT2D eigenvalue weighted by molar-refractivity contribution is 7.20. The molecule has 0 aliphatic heterocycles. The Morgan fingerprint density at radius 3 is 2.25 bits per heavy atom. The van der Waals surface area contributed by atoms with Gasteiger partial charge in [-0.3, -0.25) is 4.79 Å². The summed E-state index contributed by atoms with van der Waals surface area (Å²) in [4.78, 5) is 12.3. The number of amides is 1. The highest BCUT2D eigenvalue weighted by Gasteiger charge is 2.16. The molecular formula is C15H15Cl2NOS. The van der Waals surface area contributed by atoms with Gasteiger partial charge >= 0.3 is 0 Å². The van der Waals surface area contributed by atoms with Crippen molar-refractivity contribution in [1.82, 2.24) is 0 Å². The lowest BCUT2D eigenvalue weighted by Crippen LogP contribution is -2.14. The van der Waals surface area contributed by atoms with Crippen LogP contribution in [-0.2, 0) is 12.8 Å². The molecular weight excluding hydrogens is 313 g/mol. The van der Waals surface area contributed by atoms with E-state index in [4.69, 9.17) is 23.2 Å². The molecule has 0 saturated heterocycles. The number of para-hydroxylation sites is 1. The lowest BCUT2D eigenvalue weighted by molar-refractivity contribution is 0.102. The van der Waals surface area contributed by atoms with Gasteiger partial charge in [-0.05, 0) is 30.0 Å². The van der Waals surface area contributed by atoms with Gasteiger partial charge in [0, 0.05) is 5.69 Å². The summed E-state index contributed by atoms with van der Waals surface area (Å²) in [5.41, 5.74) is 3.56. The average Bonchev–Trinajstić information content (AvgIpc) is 2.78. The number of halogens is 2. The van der Waals surface area contributed by atoms with Crippen LogP contribution in [0, 0.1) is 0 Å². The minimum Gasteiger partial charge on any atom is -0.321 e. The number of aryl methyl sites for hydroxylation is 2. The van der Waals surface area contributed by atoms with E-state index in [2.05, 4.69) is 19.2 Å². The highest BCUT2D eigenvalue weighted by atomic mass is 35.5. The fourth-order valence-corrected chi connectivity index (χ4v) is 3.54. The lowest BCUT2D eigenvalue weighted by atomic mass is 10.0. The van der Waals surface area contributed by atoms with Crippen LogP contribution in [0.4, 0.5) is 5.69 Å². The van der Waals surface area contributed by atoms with E-state index in [0.29, 0.717) is 14.2 Å². The largest absolute Gasteiger partial charge is 0.321 e. The maximum atomic E-state index is 12.3. The number of benzene rings is 1. The van der Waals surface area contributed by atoms with Crippen molar-refractivity contribution in [1.29, 1.82) is 0 Å². The first-order valence-electron chi connectivity index (χ1n) is 6.43. The van der Waals surface area contributed by atoms with Crippen LogP contribution in [0.3, 0.4) is 0 Å². The highest BCUT2D eigenvalue weighted by Crippen LogP contribution is 2.32. The number of rotatable bonds is 4. The number of hydrogen-bond donors (Lipinski definition) is 1. The number of carbonyl (C=O) groups is 1. The van der Waals surface area contributed by atoms with Crippen molar-refractivity contribution in [3.05, 3.63) is 49.6 Å². The van der Waals surface area contributed by atoms with Crippen LogP contribution in [0.1, 0.15) is 35.3 Å². The summed E-state index contributed by atoms with van der Waals surface area (Å²) < 4.78 is 0.930. The first kappa shape index (κ1) is 15.4. The Hall–Kier alpha value is -1.03. The molecule has 0 aliphatic carbocycles. The summed E-state index contributed by atoms with van der Waals surface area (Å²) in [5.74, 6) is -0.214. The third kappa shape index (κ3) is 3.17. The maximum Gasteiger partial charge on any atom is 0.258 e. The topological polar surface area (TPSA) is 29.1 Å². The van der Waals surface area contributed by atoms with E-state index in [0.717, 1.165) is 29.7 Å². The number of hydrogen-bond acceptors (Lipinski definition) is 2. The zero-order valence-corrected chi connectivity index (χ0v) is 13.6. The summed E-state index contributed by atoms with van der Waals surface area (Å²) in [6, 6.07) is 7.67. The predicted octanol–water partition coefficient (Wildman–Crippen LogP) is 5.43. The van der Waals surface area contributed by atoms with Gasteiger partial charge in [-0.15, -0.1) is 11.3 Å². The molecule has 1 N–H and O–H groups in total. The van der Waals surface area contributed by atoms with E-state index in [-0.39, 0.29) is 5.91 Å². The number of thiophene rings is 1. The van der Waals surface area contributed by atoms with Crippen molar-refractivity contribution < 1.29 is 4.79 Å². The fraction of sp³-hybridized carbons (Fsp3) is 0.267. The third-order valence-electron chi connectivity index (χ3n) is 3.14. The minimum atomic E-state index is -0.214. The monoisotopic (exact) mass is 327 g/mol. The van der Waals surface area contributed by atoms with Crippen LogP contribution in [0.5, 0.6) is 0 Å². The molecule has 106 valence electrons. The molecule has 2 nitrogen and oxygen atoms in total. The zero-order chi connectivity index (χ0) is 14.7. The molecule has 0 spiro atoms. The van der Waals surface area contributed by atoms with Crippen molar-refractivity contribution in [2.45, 2.75) is 26.7 Å². The minimum absolute atomic E-state index is 0.214. The van der Waals surface area contributed by atoms with Crippen molar-refractivity contribution in [2.24, 2.45) is 0 Å². The molecule has 5 heteroatoms. The van der Waals surface area contributed by atoms with Gasteiger partial charge in [0.15, 0.2) is 0 Å². The van der Waals surface area contributed by atoms with E-state index in [1.807, 2.05) is 18.2 Å². The Balaban J connectivity index is 2.34. The quantitative estimate of drug-likeness (QED) is 0.796. The summed E-state index contributed by atoms with van der Waals surface area (Å²) in [5, 5.41) is 2.98. The molecule has 1 aromatic carbocycles. The second-order valence-corrected chi connectivity index (χ2v) is 6.64. The molecule has 0 aliphatic rings. The number of nitrogens with one attached hydrogen (secondary N) is 1. The molecule has 1 aromatic heterocycles. The van der Waals surface area contributed by atoms with Crippen molar-refractivity contribution in [3.63, 3.8) is 0 Å². The van der Waals surface area contributed by atoms with Gasteiger partial charge in [-0.25, -0.2) is 0 Å². The normalized spacial score (nSPS) is 10.6. The van der Waals surface area contributed by atoms with Gasteiger partial charge in [0.25, 0.3) is 5.91 Å². The Bertz CT molecular complexity index is 615. The van der Waals surface area contributed by atoms with E-state index in [1.54, 1.807) is 6.07 Å². The van der Waals surface area contributed by atoms with Crippen LogP contribution in [0.2, 0.25) is 8.67 Å². The Morgan fingerprint density at radius 2 is 1.80 bits per heavy atom. The van der Waals surface area contributed by atoms with Crippen LogP contribution in [0.15, 0.2) is 24.3 Å². The predicted molar refractivity (Wildman–Crippen MR) is 87.5 cm³/mol. The molecule has 2 rings (SSSR count). The molecule has 0 bridgehead atoms. The van der Waals surface area contributed by atoms with E-state index in [9.17, 15) is 4.79 Å². The Kier molecular flexibility index (Phi) is 5.08. The van der Waals surface area contributed by atoms with E-state index < -0.39 is 0 Å².